The van der Waals surface area contributed by atoms with Gasteiger partial charge in [-0.1, -0.05) is 0 Å². The van der Waals surface area contributed by atoms with Crippen LogP contribution in [-0.4, -0.2) is 26.2 Å². The number of nitrogen functional groups attached to an aromatic ring is 1. The number of methoxy groups -OCH3 is 1. The molecule has 0 aliphatic heterocycles. The number of benzene rings is 1. The summed E-state index contributed by atoms with van der Waals surface area (Å²) in [5, 5.41) is 7.14. The zero-order chi connectivity index (χ0) is 14.5. The van der Waals surface area contributed by atoms with Crippen molar-refractivity contribution in [2.24, 2.45) is 5.73 Å². The van der Waals surface area contributed by atoms with Gasteiger partial charge in [0.25, 0.3) is 0 Å². The monoisotopic (exact) mass is 276 g/mol. The van der Waals surface area contributed by atoms with Gasteiger partial charge in [0.15, 0.2) is 0 Å². The molecule has 3 N–H and O–H groups in total. The average molecular weight is 276 g/mol. The largest absolute Gasteiger partial charge is 0.493 e. The molecule has 7 heteroatoms. The Kier molecular flexibility index (Phi) is 5.17. The summed E-state index contributed by atoms with van der Waals surface area (Å²) in [5.74, 6) is -0.535. The van der Waals surface area contributed by atoms with Crippen LogP contribution in [0, 0.1) is 5.41 Å². The lowest BCUT2D eigenvalue weighted by Crippen LogP contribution is -2.19. The number of amidine groups is 1. The third-order valence-corrected chi connectivity index (χ3v) is 2.35. The van der Waals surface area contributed by atoms with Crippen LogP contribution in [0.2, 0.25) is 0 Å². The first kappa shape index (κ1) is 15.3. The van der Waals surface area contributed by atoms with Crippen LogP contribution in [0.3, 0.4) is 0 Å². The van der Waals surface area contributed by atoms with Crippen molar-refractivity contribution < 1.29 is 22.6 Å². The lowest BCUT2D eigenvalue weighted by atomic mass is 10.1. The summed E-state index contributed by atoms with van der Waals surface area (Å²) in [4.78, 5) is 0. The quantitative estimate of drug-likeness (QED) is 0.476. The van der Waals surface area contributed by atoms with Crippen molar-refractivity contribution in [1.29, 1.82) is 5.41 Å². The van der Waals surface area contributed by atoms with Gasteiger partial charge < -0.3 is 15.2 Å². The Morgan fingerprint density at radius 2 is 2.00 bits per heavy atom. The Bertz CT molecular complexity index is 447. The predicted molar refractivity (Wildman–Crippen MR) is 64.4 cm³/mol. The third kappa shape index (κ3) is 4.44. The second-order valence-corrected chi connectivity index (χ2v) is 3.81. The molecule has 1 aromatic carbocycles. The van der Waals surface area contributed by atoms with Gasteiger partial charge in [0.1, 0.15) is 11.6 Å². The summed E-state index contributed by atoms with van der Waals surface area (Å²) < 4.78 is 48.4. The first-order chi connectivity index (χ1) is 8.86. The maximum atomic E-state index is 12.8. The molecule has 106 valence electrons. The van der Waals surface area contributed by atoms with E-state index in [4.69, 9.17) is 20.6 Å². The number of rotatable bonds is 6. The summed E-state index contributed by atoms with van der Waals surface area (Å²) >= 11 is 0. The number of hydrogen-bond acceptors (Lipinski definition) is 3. The van der Waals surface area contributed by atoms with Gasteiger partial charge in [-0.3, -0.25) is 5.41 Å². The molecule has 0 aromatic heterocycles. The van der Waals surface area contributed by atoms with Gasteiger partial charge >= 0.3 is 6.18 Å². The second-order valence-electron chi connectivity index (χ2n) is 3.81. The highest BCUT2D eigenvalue weighted by atomic mass is 19.4. The summed E-state index contributed by atoms with van der Waals surface area (Å²) in [6.07, 6.45) is -4.00. The van der Waals surface area contributed by atoms with E-state index < -0.39 is 17.6 Å². The standard InChI is InChI=1S/C12H15F3N2O2/c1-18-5-2-6-19-8-3-4-9(11(16)17)10(7-8)12(13,14)15/h3-4,7H,2,5-6H2,1H3,(H3,16,17). The Morgan fingerprint density at radius 1 is 1.32 bits per heavy atom. The summed E-state index contributed by atoms with van der Waals surface area (Å²) in [6.45, 7) is 0.724. The van der Waals surface area contributed by atoms with Crippen molar-refractivity contribution in [1.82, 2.24) is 0 Å². The normalized spacial score (nSPS) is 11.4. The molecule has 0 spiro atoms. The van der Waals surface area contributed by atoms with Crippen LogP contribution in [0.5, 0.6) is 5.75 Å². The molecule has 0 bridgehead atoms. The number of nitrogens with two attached hydrogens (primary N) is 1. The Balaban J connectivity index is 2.90. The van der Waals surface area contributed by atoms with Crippen LogP contribution in [-0.2, 0) is 10.9 Å². The number of hydrogen-bond donors (Lipinski definition) is 2. The van der Waals surface area contributed by atoms with E-state index in [0.717, 1.165) is 12.1 Å². The lowest BCUT2D eigenvalue weighted by Gasteiger charge is -2.14. The van der Waals surface area contributed by atoms with Gasteiger partial charge in [0.05, 0.1) is 12.2 Å². The highest BCUT2D eigenvalue weighted by Gasteiger charge is 2.34. The molecule has 19 heavy (non-hydrogen) atoms. The zero-order valence-electron chi connectivity index (χ0n) is 10.4. The summed E-state index contributed by atoms with van der Waals surface area (Å²) in [5.41, 5.74) is 3.81. The van der Waals surface area contributed by atoms with E-state index in [9.17, 15) is 13.2 Å². The van der Waals surface area contributed by atoms with Crippen LogP contribution in [0.15, 0.2) is 18.2 Å². The van der Waals surface area contributed by atoms with Crippen LogP contribution < -0.4 is 10.5 Å². The first-order valence-electron chi connectivity index (χ1n) is 5.53. The van der Waals surface area contributed by atoms with Gasteiger partial charge in [0, 0.05) is 25.7 Å². The van der Waals surface area contributed by atoms with E-state index in [1.165, 1.54) is 13.2 Å². The molecule has 0 heterocycles. The van der Waals surface area contributed by atoms with Crippen LogP contribution in [0.4, 0.5) is 13.2 Å². The molecule has 0 saturated heterocycles. The summed E-state index contributed by atoms with van der Waals surface area (Å²) in [6, 6.07) is 3.35. The SMILES string of the molecule is COCCCOc1ccc(C(=N)N)c(C(F)(F)F)c1. The Hall–Kier alpha value is -1.76. The van der Waals surface area contributed by atoms with E-state index >= 15 is 0 Å². The van der Waals surface area contributed by atoms with Gasteiger partial charge in [0.2, 0.25) is 0 Å². The first-order valence-corrected chi connectivity index (χ1v) is 5.53. The van der Waals surface area contributed by atoms with Gasteiger partial charge in [-0.25, -0.2) is 0 Å². The van der Waals surface area contributed by atoms with Gasteiger partial charge in [-0.05, 0) is 18.2 Å². The fourth-order valence-corrected chi connectivity index (χ4v) is 1.48. The molecular formula is C12H15F3N2O2. The average Bonchev–Trinajstić information content (AvgIpc) is 2.33. The lowest BCUT2D eigenvalue weighted by molar-refractivity contribution is -0.137. The van der Waals surface area contributed by atoms with Gasteiger partial charge in [-0.15, -0.1) is 0 Å². The smallest absolute Gasteiger partial charge is 0.417 e. The van der Waals surface area contributed by atoms with E-state index in [1.54, 1.807) is 0 Å². The minimum Gasteiger partial charge on any atom is -0.493 e. The van der Waals surface area contributed by atoms with Crippen molar-refractivity contribution in [2.45, 2.75) is 12.6 Å². The molecule has 1 rings (SSSR count). The van der Waals surface area contributed by atoms with Crippen LogP contribution >= 0.6 is 0 Å². The topological polar surface area (TPSA) is 68.3 Å². The van der Waals surface area contributed by atoms with E-state index in [2.05, 4.69) is 0 Å². The number of ether oxygens (including phenoxy) is 2. The highest BCUT2D eigenvalue weighted by molar-refractivity contribution is 5.96. The molecule has 1 aromatic rings. The molecule has 0 aliphatic carbocycles. The fourth-order valence-electron chi connectivity index (χ4n) is 1.48. The number of alkyl halides is 3. The molecule has 0 atom stereocenters. The van der Waals surface area contributed by atoms with Crippen molar-refractivity contribution >= 4 is 5.84 Å². The minimum absolute atomic E-state index is 0.0911. The van der Waals surface area contributed by atoms with Crippen molar-refractivity contribution in [3.63, 3.8) is 0 Å². The molecule has 0 aliphatic rings. The molecule has 0 amide bonds. The summed E-state index contributed by atoms with van der Waals surface area (Å²) in [7, 11) is 1.53. The molecule has 0 radical (unpaired) electrons. The van der Waals surface area contributed by atoms with E-state index in [1.807, 2.05) is 0 Å². The molecule has 0 fully saturated rings. The second kappa shape index (κ2) is 6.42. The third-order valence-electron chi connectivity index (χ3n) is 2.35. The van der Waals surface area contributed by atoms with Crippen LogP contribution in [0.25, 0.3) is 0 Å². The van der Waals surface area contributed by atoms with Crippen LogP contribution in [0.1, 0.15) is 17.5 Å². The van der Waals surface area contributed by atoms with Gasteiger partial charge in [-0.2, -0.15) is 13.2 Å². The van der Waals surface area contributed by atoms with Crippen molar-refractivity contribution in [3.8, 4) is 5.75 Å². The minimum atomic E-state index is -4.58. The number of halogens is 3. The Morgan fingerprint density at radius 3 is 2.53 bits per heavy atom. The molecular weight excluding hydrogens is 261 g/mol. The maximum absolute atomic E-state index is 12.8. The number of nitrogens with one attached hydrogen (secondary N) is 1. The zero-order valence-corrected chi connectivity index (χ0v) is 10.4. The van der Waals surface area contributed by atoms with Crippen molar-refractivity contribution in [2.75, 3.05) is 20.3 Å². The Labute approximate surface area is 108 Å². The molecule has 0 saturated carbocycles. The molecule has 4 nitrogen and oxygen atoms in total. The van der Waals surface area contributed by atoms with E-state index in [-0.39, 0.29) is 17.9 Å². The maximum Gasteiger partial charge on any atom is 0.417 e. The van der Waals surface area contributed by atoms with Crippen molar-refractivity contribution in [3.05, 3.63) is 29.3 Å². The molecule has 0 unspecified atom stereocenters. The predicted octanol–water partition coefficient (Wildman–Crippen LogP) is 2.40. The van der Waals surface area contributed by atoms with E-state index in [0.29, 0.717) is 13.0 Å². The fraction of sp³-hybridized carbons (Fsp3) is 0.417. The highest BCUT2D eigenvalue weighted by Crippen LogP contribution is 2.34.